The van der Waals surface area contributed by atoms with Crippen LogP contribution >= 0.6 is 0 Å². The van der Waals surface area contributed by atoms with Gasteiger partial charge in [-0.2, -0.15) is 0 Å². The third-order valence-corrected chi connectivity index (χ3v) is 3.24. The molecular weight excluding hydrogens is 258 g/mol. The molecule has 0 bridgehead atoms. The third-order valence-electron chi connectivity index (χ3n) is 3.24. The summed E-state index contributed by atoms with van der Waals surface area (Å²) in [4.78, 5) is 25.3. The molecule has 1 amide bonds. The van der Waals surface area contributed by atoms with Gasteiger partial charge >= 0.3 is 12.1 Å². The Bertz CT molecular complexity index is 500. The first-order valence-electron chi connectivity index (χ1n) is 6.86. The molecule has 1 aliphatic rings. The minimum Gasteiger partial charge on any atom is -0.466 e. The summed E-state index contributed by atoms with van der Waals surface area (Å²) in [6, 6.07) is 7.40. The van der Waals surface area contributed by atoms with E-state index in [9.17, 15) is 9.59 Å². The Morgan fingerprint density at radius 1 is 1.20 bits per heavy atom. The molecule has 1 heterocycles. The van der Waals surface area contributed by atoms with Crippen molar-refractivity contribution in [2.45, 2.75) is 32.7 Å². The molecule has 0 N–H and O–H groups in total. The lowest BCUT2D eigenvalue weighted by Gasteiger charge is -2.24. The van der Waals surface area contributed by atoms with Gasteiger partial charge in [-0.25, -0.2) is 4.79 Å². The summed E-state index contributed by atoms with van der Waals surface area (Å²) in [5, 5.41) is 0. The van der Waals surface area contributed by atoms with E-state index in [2.05, 4.69) is 0 Å². The fourth-order valence-electron chi connectivity index (χ4n) is 2.48. The second-order valence-corrected chi connectivity index (χ2v) is 4.56. The standard InChI is InChI=1S/C15H19NO4/c1-3-19-14(17)10-12-9-11-7-5-6-8-13(11)16(12)15(18)20-4-2/h5-8,12H,3-4,9-10H2,1-2H3. The molecule has 108 valence electrons. The molecule has 0 aliphatic carbocycles. The zero-order valence-electron chi connectivity index (χ0n) is 11.8. The molecule has 2 rings (SSSR count). The fraction of sp³-hybridized carbons (Fsp3) is 0.467. The molecule has 0 aromatic heterocycles. The molecule has 0 radical (unpaired) electrons. The largest absolute Gasteiger partial charge is 0.466 e. The Morgan fingerprint density at radius 2 is 1.90 bits per heavy atom. The van der Waals surface area contributed by atoms with E-state index in [-0.39, 0.29) is 18.4 Å². The first-order valence-corrected chi connectivity index (χ1v) is 6.86. The van der Waals surface area contributed by atoms with Crippen molar-refractivity contribution in [2.75, 3.05) is 18.1 Å². The maximum absolute atomic E-state index is 12.1. The normalized spacial score (nSPS) is 16.7. The van der Waals surface area contributed by atoms with E-state index in [1.165, 1.54) is 0 Å². The van der Waals surface area contributed by atoms with Gasteiger partial charge in [0.1, 0.15) is 0 Å². The second kappa shape index (κ2) is 6.41. The fourth-order valence-corrected chi connectivity index (χ4v) is 2.48. The Labute approximate surface area is 118 Å². The Hall–Kier alpha value is -2.04. The van der Waals surface area contributed by atoms with Gasteiger partial charge in [-0.3, -0.25) is 9.69 Å². The number of benzene rings is 1. The van der Waals surface area contributed by atoms with E-state index in [0.717, 1.165) is 11.3 Å². The highest BCUT2D eigenvalue weighted by Gasteiger charge is 2.36. The molecule has 5 heteroatoms. The first kappa shape index (κ1) is 14.4. The summed E-state index contributed by atoms with van der Waals surface area (Å²) in [7, 11) is 0. The molecule has 0 saturated carbocycles. The van der Waals surface area contributed by atoms with E-state index < -0.39 is 6.09 Å². The highest BCUT2D eigenvalue weighted by atomic mass is 16.6. The number of fused-ring (bicyclic) bond motifs is 1. The number of amides is 1. The van der Waals surface area contributed by atoms with Crippen LogP contribution in [0.1, 0.15) is 25.8 Å². The van der Waals surface area contributed by atoms with Crippen LogP contribution in [0.4, 0.5) is 10.5 Å². The summed E-state index contributed by atoms with van der Waals surface area (Å²) < 4.78 is 10.1. The zero-order chi connectivity index (χ0) is 14.5. The minimum absolute atomic E-state index is 0.182. The topological polar surface area (TPSA) is 55.8 Å². The van der Waals surface area contributed by atoms with Crippen molar-refractivity contribution in [1.29, 1.82) is 0 Å². The van der Waals surface area contributed by atoms with Crippen molar-refractivity contribution >= 4 is 17.7 Å². The van der Waals surface area contributed by atoms with Crippen LogP contribution in [0.2, 0.25) is 0 Å². The van der Waals surface area contributed by atoms with Crippen molar-refractivity contribution in [1.82, 2.24) is 0 Å². The second-order valence-electron chi connectivity index (χ2n) is 4.56. The molecule has 0 fully saturated rings. The average Bonchev–Trinajstić information content (AvgIpc) is 2.76. The SMILES string of the molecule is CCOC(=O)CC1Cc2ccccc2N1C(=O)OCC. The number of esters is 1. The van der Waals surface area contributed by atoms with E-state index in [1.54, 1.807) is 18.7 Å². The molecule has 1 aromatic rings. The lowest BCUT2D eigenvalue weighted by Crippen LogP contribution is -2.39. The van der Waals surface area contributed by atoms with Crippen LogP contribution in [0.3, 0.4) is 0 Å². The van der Waals surface area contributed by atoms with Gasteiger partial charge in [0, 0.05) is 0 Å². The minimum atomic E-state index is -0.410. The van der Waals surface area contributed by atoms with Gasteiger partial charge in [0.25, 0.3) is 0 Å². The van der Waals surface area contributed by atoms with Crippen LogP contribution in [0, 0.1) is 0 Å². The van der Waals surface area contributed by atoms with Gasteiger partial charge in [0.15, 0.2) is 0 Å². The maximum Gasteiger partial charge on any atom is 0.414 e. The van der Waals surface area contributed by atoms with Crippen molar-refractivity contribution in [2.24, 2.45) is 0 Å². The highest BCUT2D eigenvalue weighted by molar-refractivity contribution is 5.92. The highest BCUT2D eigenvalue weighted by Crippen LogP contribution is 2.34. The molecular formula is C15H19NO4. The first-order chi connectivity index (χ1) is 9.67. The summed E-state index contributed by atoms with van der Waals surface area (Å²) in [6.45, 7) is 4.19. The summed E-state index contributed by atoms with van der Waals surface area (Å²) >= 11 is 0. The number of rotatable bonds is 4. The molecule has 20 heavy (non-hydrogen) atoms. The van der Waals surface area contributed by atoms with Gasteiger partial charge in [-0.15, -0.1) is 0 Å². The number of hydrogen-bond acceptors (Lipinski definition) is 4. The lowest BCUT2D eigenvalue weighted by molar-refractivity contribution is -0.143. The monoisotopic (exact) mass is 277 g/mol. The van der Waals surface area contributed by atoms with Crippen LogP contribution in [0.5, 0.6) is 0 Å². The van der Waals surface area contributed by atoms with E-state index in [1.807, 2.05) is 24.3 Å². The molecule has 0 saturated heterocycles. The smallest absolute Gasteiger partial charge is 0.414 e. The maximum atomic E-state index is 12.1. The van der Waals surface area contributed by atoms with Gasteiger partial charge in [0.2, 0.25) is 0 Å². The average molecular weight is 277 g/mol. The van der Waals surface area contributed by atoms with Crippen LogP contribution in [-0.2, 0) is 20.7 Å². The Kier molecular flexibility index (Phi) is 4.61. The number of hydrogen-bond donors (Lipinski definition) is 0. The molecule has 1 aromatic carbocycles. The van der Waals surface area contributed by atoms with Gasteiger partial charge in [0.05, 0.1) is 31.4 Å². The number of carbonyl (C=O) groups is 2. The summed E-state index contributed by atoms with van der Waals surface area (Å²) in [5.41, 5.74) is 1.87. The van der Waals surface area contributed by atoms with Crippen LogP contribution in [-0.4, -0.2) is 31.3 Å². The van der Waals surface area contributed by atoms with Gasteiger partial charge in [-0.1, -0.05) is 18.2 Å². The number of nitrogens with zero attached hydrogens (tertiary/aromatic N) is 1. The predicted molar refractivity (Wildman–Crippen MR) is 74.7 cm³/mol. The van der Waals surface area contributed by atoms with Crippen molar-refractivity contribution in [3.05, 3.63) is 29.8 Å². The molecule has 5 nitrogen and oxygen atoms in total. The van der Waals surface area contributed by atoms with Crippen LogP contribution in [0.25, 0.3) is 0 Å². The molecule has 1 atom stereocenters. The van der Waals surface area contributed by atoms with Crippen molar-refractivity contribution in [3.63, 3.8) is 0 Å². The van der Waals surface area contributed by atoms with Crippen LogP contribution < -0.4 is 4.90 Å². The lowest BCUT2D eigenvalue weighted by atomic mass is 10.1. The van der Waals surface area contributed by atoms with Crippen molar-refractivity contribution in [3.8, 4) is 0 Å². The molecule has 1 aliphatic heterocycles. The Morgan fingerprint density at radius 3 is 2.60 bits per heavy atom. The summed E-state index contributed by atoms with van der Waals surface area (Å²) in [5.74, 6) is -0.292. The quantitative estimate of drug-likeness (QED) is 0.794. The number of carbonyl (C=O) groups excluding carboxylic acids is 2. The molecule has 0 spiro atoms. The van der Waals surface area contributed by atoms with Gasteiger partial charge < -0.3 is 9.47 Å². The van der Waals surface area contributed by atoms with E-state index in [4.69, 9.17) is 9.47 Å². The zero-order valence-corrected chi connectivity index (χ0v) is 11.8. The summed E-state index contributed by atoms with van der Waals surface area (Å²) in [6.07, 6.45) is 0.418. The number of anilines is 1. The predicted octanol–water partition coefficient (Wildman–Crippen LogP) is 2.53. The van der Waals surface area contributed by atoms with E-state index >= 15 is 0 Å². The number of para-hydroxylation sites is 1. The van der Waals surface area contributed by atoms with Crippen molar-refractivity contribution < 1.29 is 19.1 Å². The Balaban J connectivity index is 2.20. The number of ether oxygens (including phenoxy) is 2. The van der Waals surface area contributed by atoms with Gasteiger partial charge in [-0.05, 0) is 31.9 Å². The molecule has 1 unspecified atom stereocenters. The third kappa shape index (κ3) is 2.92. The van der Waals surface area contributed by atoms with Crippen LogP contribution in [0.15, 0.2) is 24.3 Å². The van der Waals surface area contributed by atoms with E-state index in [0.29, 0.717) is 19.6 Å².